The molecule has 4 rings (SSSR count). The molecule has 0 spiro atoms. The number of pyridine rings is 2. The highest BCUT2D eigenvalue weighted by molar-refractivity contribution is 6.07. The smallest absolute Gasteiger partial charge is 0.338 e. The second kappa shape index (κ2) is 9.34. The van der Waals surface area contributed by atoms with E-state index in [1.807, 2.05) is 24.0 Å². The third kappa shape index (κ3) is 4.42. The van der Waals surface area contributed by atoms with Crippen LogP contribution in [0, 0.1) is 6.92 Å². The highest BCUT2D eigenvalue weighted by atomic mass is 16.5. The van der Waals surface area contributed by atoms with Crippen LogP contribution in [0.25, 0.3) is 11.0 Å². The average Bonchev–Trinajstić information content (AvgIpc) is 2.79. The van der Waals surface area contributed by atoms with Gasteiger partial charge in [0.15, 0.2) is 5.65 Å². The highest BCUT2D eigenvalue weighted by Gasteiger charge is 2.27. The van der Waals surface area contributed by atoms with E-state index in [9.17, 15) is 9.59 Å². The molecule has 1 aliphatic rings. The summed E-state index contributed by atoms with van der Waals surface area (Å²) in [4.78, 5) is 36.4. The van der Waals surface area contributed by atoms with Crippen LogP contribution in [-0.2, 0) is 4.74 Å². The Bertz CT molecular complexity index is 1140. The molecule has 3 heterocycles. The Hall–Kier alpha value is -3.48. The standard InChI is InChI=1S/C25H28N4O3/c1-4-32-25(31)18-9-11-19(12-10-18)28-22-20-13-8-16(2)27-23(20)26-15-21(22)24(30)29-14-6-5-7-17(29)3/h8-13,15,17H,4-7,14H2,1-3H3,(H,26,27,28). The van der Waals surface area contributed by atoms with Gasteiger partial charge in [-0.05, 0) is 76.4 Å². The van der Waals surface area contributed by atoms with E-state index < -0.39 is 0 Å². The first kappa shape index (κ1) is 21.7. The summed E-state index contributed by atoms with van der Waals surface area (Å²) in [5.74, 6) is -0.388. The average molecular weight is 433 g/mol. The molecule has 7 nitrogen and oxygen atoms in total. The minimum atomic E-state index is -0.358. The number of likely N-dealkylation sites (tertiary alicyclic amines) is 1. The summed E-state index contributed by atoms with van der Waals surface area (Å²) in [5, 5.41) is 4.17. The van der Waals surface area contributed by atoms with Crippen molar-refractivity contribution in [3.63, 3.8) is 0 Å². The molecular formula is C25H28N4O3. The van der Waals surface area contributed by atoms with Crippen LogP contribution in [0.5, 0.6) is 0 Å². The van der Waals surface area contributed by atoms with Crippen molar-refractivity contribution in [2.24, 2.45) is 0 Å². The maximum atomic E-state index is 13.5. The molecule has 1 amide bonds. The highest BCUT2D eigenvalue weighted by Crippen LogP contribution is 2.31. The van der Waals surface area contributed by atoms with E-state index >= 15 is 0 Å². The molecular weight excluding hydrogens is 404 g/mol. The molecule has 0 radical (unpaired) electrons. The zero-order chi connectivity index (χ0) is 22.7. The lowest BCUT2D eigenvalue weighted by Gasteiger charge is -2.34. The van der Waals surface area contributed by atoms with Gasteiger partial charge in [-0.3, -0.25) is 4.79 Å². The van der Waals surface area contributed by atoms with Gasteiger partial charge in [0.2, 0.25) is 0 Å². The first-order chi connectivity index (χ1) is 15.5. The van der Waals surface area contributed by atoms with Gasteiger partial charge in [-0.2, -0.15) is 0 Å². The SMILES string of the molecule is CCOC(=O)c1ccc(Nc2c(C(=O)N3CCCCC3C)cnc3nc(C)ccc23)cc1. The molecule has 0 aliphatic carbocycles. The van der Waals surface area contributed by atoms with Crippen LogP contribution in [0.4, 0.5) is 11.4 Å². The molecule has 166 valence electrons. The Kier molecular flexibility index (Phi) is 6.35. The monoisotopic (exact) mass is 432 g/mol. The Labute approximate surface area is 187 Å². The number of carbonyl (C=O) groups excluding carboxylic acids is 2. The summed E-state index contributed by atoms with van der Waals surface area (Å²) in [6.07, 6.45) is 4.78. The van der Waals surface area contributed by atoms with Gasteiger partial charge in [-0.25, -0.2) is 14.8 Å². The Morgan fingerprint density at radius 3 is 2.66 bits per heavy atom. The third-order valence-electron chi connectivity index (χ3n) is 5.83. The van der Waals surface area contributed by atoms with Crippen molar-refractivity contribution in [1.82, 2.24) is 14.9 Å². The summed E-state index contributed by atoms with van der Waals surface area (Å²) < 4.78 is 5.06. The molecule has 1 N–H and O–H groups in total. The van der Waals surface area contributed by atoms with Gasteiger partial charge in [-0.1, -0.05) is 0 Å². The van der Waals surface area contributed by atoms with Crippen molar-refractivity contribution >= 4 is 34.3 Å². The Balaban J connectivity index is 1.73. The number of anilines is 2. The number of aryl methyl sites for hydroxylation is 1. The normalized spacial score (nSPS) is 16.1. The number of aromatic nitrogens is 2. The number of rotatable bonds is 5. The number of piperidine rings is 1. The lowest BCUT2D eigenvalue weighted by Crippen LogP contribution is -2.42. The van der Waals surface area contributed by atoms with E-state index in [4.69, 9.17) is 4.74 Å². The lowest BCUT2D eigenvalue weighted by atomic mass is 10.0. The zero-order valence-electron chi connectivity index (χ0n) is 18.7. The number of benzene rings is 1. The summed E-state index contributed by atoms with van der Waals surface area (Å²) in [6.45, 7) is 6.86. The molecule has 7 heteroatoms. The van der Waals surface area contributed by atoms with Gasteiger partial charge < -0.3 is 15.0 Å². The fourth-order valence-corrected chi connectivity index (χ4v) is 4.07. The summed E-state index contributed by atoms with van der Waals surface area (Å²) in [6, 6.07) is 11.1. The van der Waals surface area contributed by atoms with E-state index in [2.05, 4.69) is 22.2 Å². The minimum absolute atomic E-state index is 0.0298. The van der Waals surface area contributed by atoms with Crippen molar-refractivity contribution in [3.05, 3.63) is 59.4 Å². The van der Waals surface area contributed by atoms with E-state index in [-0.39, 0.29) is 17.9 Å². The second-order valence-electron chi connectivity index (χ2n) is 8.14. The molecule has 1 unspecified atom stereocenters. The molecule has 1 saturated heterocycles. The number of amides is 1. The lowest BCUT2D eigenvalue weighted by molar-refractivity contribution is 0.0525. The number of hydrogen-bond acceptors (Lipinski definition) is 6. The maximum Gasteiger partial charge on any atom is 0.338 e. The molecule has 1 aliphatic heterocycles. The summed E-state index contributed by atoms with van der Waals surface area (Å²) in [7, 11) is 0. The minimum Gasteiger partial charge on any atom is -0.462 e. The van der Waals surface area contributed by atoms with Crippen LogP contribution in [0.3, 0.4) is 0 Å². The number of hydrogen-bond donors (Lipinski definition) is 1. The van der Waals surface area contributed by atoms with Crippen molar-refractivity contribution < 1.29 is 14.3 Å². The fourth-order valence-electron chi connectivity index (χ4n) is 4.07. The van der Waals surface area contributed by atoms with Crippen molar-refractivity contribution in [2.45, 2.75) is 46.1 Å². The van der Waals surface area contributed by atoms with Crippen molar-refractivity contribution in [2.75, 3.05) is 18.5 Å². The predicted molar refractivity (Wildman–Crippen MR) is 124 cm³/mol. The molecule has 0 bridgehead atoms. The van der Waals surface area contributed by atoms with Crippen LogP contribution in [-0.4, -0.2) is 45.9 Å². The van der Waals surface area contributed by atoms with Crippen LogP contribution >= 0.6 is 0 Å². The topological polar surface area (TPSA) is 84.4 Å². The van der Waals surface area contributed by atoms with Gasteiger partial charge >= 0.3 is 5.97 Å². The predicted octanol–water partition coefficient (Wildman–Crippen LogP) is 4.87. The van der Waals surface area contributed by atoms with E-state index in [0.29, 0.717) is 29.1 Å². The zero-order valence-corrected chi connectivity index (χ0v) is 18.7. The molecule has 1 atom stereocenters. The number of nitrogens with zero attached hydrogens (tertiary/aromatic N) is 3. The van der Waals surface area contributed by atoms with Gasteiger partial charge in [0.1, 0.15) is 0 Å². The molecule has 32 heavy (non-hydrogen) atoms. The molecule has 3 aromatic rings. The Morgan fingerprint density at radius 1 is 1.16 bits per heavy atom. The second-order valence-corrected chi connectivity index (χ2v) is 8.14. The molecule has 1 aromatic carbocycles. The van der Waals surface area contributed by atoms with Crippen LogP contribution < -0.4 is 5.32 Å². The number of nitrogens with one attached hydrogen (secondary N) is 1. The van der Waals surface area contributed by atoms with Crippen molar-refractivity contribution in [3.8, 4) is 0 Å². The van der Waals surface area contributed by atoms with E-state index in [1.54, 1.807) is 37.4 Å². The summed E-state index contributed by atoms with van der Waals surface area (Å²) >= 11 is 0. The van der Waals surface area contributed by atoms with E-state index in [1.165, 1.54) is 0 Å². The fraction of sp³-hybridized carbons (Fsp3) is 0.360. The third-order valence-corrected chi connectivity index (χ3v) is 5.83. The molecule has 0 saturated carbocycles. The van der Waals surface area contributed by atoms with Gasteiger partial charge in [-0.15, -0.1) is 0 Å². The largest absolute Gasteiger partial charge is 0.462 e. The first-order valence-corrected chi connectivity index (χ1v) is 11.1. The Morgan fingerprint density at radius 2 is 1.94 bits per heavy atom. The van der Waals surface area contributed by atoms with Crippen LogP contribution in [0.1, 0.15) is 59.5 Å². The van der Waals surface area contributed by atoms with Crippen molar-refractivity contribution in [1.29, 1.82) is 0 Å². The summed E-state index contributed by atoms with van der Waals surface area (Å²) in [5.41, 5.74) is 3.87. The number of esters is 1. The number of ether oxygens (including phenoxy) is 1. The van der Waals surface area contributed by atoms with E-state index in [0.717, 1.165) is 42.6 Å². The number of carbonyl (C=O) groups is 2. The quantitative estimate of drug-likeness (QED) is 0.579. The maximum absolute atomic E-state index is 13.5. The van der Waals surface area contributed by atoms with Gasteiger partial charge in [0, 0.05) is 35.6 Å². The molecule has 1 fully saturated rings. The molecule has 2 aromatic heterocycles. The van der Waals surface area contributed by atoms with Crippen LogP contribution in [0.15, 0.2) is 42.6 Å². The van der Waals surface area contributed by atoms with Gasteiger partial charge in [0.25, 0.3) is 5.91 Å². The van der Waals surface area contributed by atoms with Crippen LogP contribution in [0.2, 0.25) is 0 Å². The first-order valence-electron chi connectivity index (χ1n) is 11.1. The number of fused-ring (bicyclic) bond motifs is 1. The van der Waals surface area contributed by atoms with Gasteiger partial charge in [0.05, 0.1) is 23.4 Å².